The van der Waals surface area contributed by atoms with Crippen LogP contribution in [-0.2, 0) is 6.42 Å². The Morgan fingerprint density at radius 2 is 1.88 bits per heavy atom. The second kappa shape index (κ2) is 3.85. The molecule has 0 saturated carbocycles. The molecule has 3 heteroatoms. The molecule has 0 aliphatic rings. The maximum atomic E-state index is 11.1. The summed E-state index contributed by atoms with van der Waals surface area (Å²) in [6, 6.07) is 8.60. The monoisotopic (exact) mass is 216 g/mol. The lowest BCUT2D eigenvalue weighted by Crippen LogP contribution is -2.02. The molecule has 0 aromatic heterocycles. The van der Waals surface area contributed by atoms with Crippen molar-refractivity contribution in [2.75, 3.05) is 0 Å². The van der Waals surface area contributed by atoms with E-state index in [-0.39, 0.29) is 11.3 Å². The minimum atomic E-state index is -1.00. The molecule has 2 aromatic rings. The van der Waals surface area contributed by atoms with Crippen molar-refractivity contribution in [3.8, 4) is 5.75 Å². The SMILES string of the molecule is CCc1c(C(=O)O)cc(O)c2ccccc12. The number of carbonyl (C=O) groups is 1. The van der Waals surface area contributed by atoms with Gasteiger partial charge in [0.1, 0.15) is 5.75 Å². The van der Waals surface area contributed by atoms with Crippen LogP contribution in [0.3, 0.4) is 0 Å². The fraction of sp³-hybridized carbons (Fsp3) is 0.154. The van der Waals surface area contributed by atoms with Crippen LogP contribution in [-0.4, -0.2) is 16.2 Å². The van der Waals surface area contributed by atoms with E-state index in [1.54, 1.807) is 6.07 Å². The number of benzene rings is 2. The van der Waals surface area contributed by atoms with E-state index in [4.69, 9.17) is 5.11 Å². The highest BCUT2D eigenvalue weighted by Gasteiger charge is 2.14. The lowest BCUT2D eigenvalue weighted by molar-refractivity contribution is 0.0695. The summed E-state index contributed by atoms with van der Waals surface area (Å²) in [5, 5.41) is 20.3. The van der Waals surface area contributed by atoms with Crippen molar-refractivity contribution in [2.24, 2.45) is 0 Å². The summed E-state index contributed by atoms with van der Waals surface area (Å²) in [7, 11) is 0. The highest BCUT2D eigenvalue weighted by atomic mass is 16.4. The van der Waals surface area contributed by atoms with Crippen molar-refractivity contribution in [1.82, 2.24) is 0 Å². The molecule has 3 nitrogen and oxygen atoms in total. The minimum Gasteiger partial charge on any atom is -0.507 e. The van der Waals surface area contributed by atoms with Crippen LogP contribution in [0.15, 0.2) is 30.3 Å². The number of phenolic OH excluding ortho intramolecular Hbond substituents is 1. The van der Waals surface area contributed by atoms with Crippen LogP contribution >= 0.6 is 0 Å². The third-order valence-electron chi connectivity index (χ3n) is 2.72. The van der Waals surface area contributed by atoms with Crippen LogP contribution in [0, 0.1) is 0 Å². The summed E-state index contributed by atoms with van der Waals surface area (Å²) < 4.78 is 0. The normalized spacial score (nSPS) is 10.6. The van der Waals surface area contributed by atoms with E-state index in [9.17, 15) is 9.90 Å². The molecule has 0 fully saturated rings. The molecule has 2 rings (SSSR count). The first kappa shape index (κ1) is 10.5. The van der Waals surface area contributed by atoms with Gasteiger partial charge < -0.3 is 10.2 Å². The summed E-state index contributed by atoms with van der Waals surface area (Å²) in [5.41, 5.74) is 0.944. The topological polar surface area (TPSA) is 57.5 Å². The van der Waals surface area contributed by atoms with Gasteiger partial charge in [0.2, 0.25) is 0 Å². The Kier molecular flexibility index (Phi) is 2.52. The molecule has 0 radical (unpaired) electrons. The van der Waals surface area contributed by atoms with Crippen molar-refractivity contribution in [2.45, 2.75) is 13.3 Å². The smallest absolute Gasteiger partial charge is 0.336 e. The number of hydrogen-bond donors (Lipinski definition) is 2. The van der Waals surface area contributed by atoms with E-state index in [1.165, 1.54) is 6.07 Å². The van der Waals surface area contributed by atoms with Crippen LogP contribution in [0.25, 0.3) is 10.8 Å². The van der Waals surface area contributed by atoms with E-state index in [2.05, 4.69) is 0 Å². The zero-order valence-electron chi connectivity index (χ0n) is 8.90. The molecule has 82 valence electrons. The van der Waals surface area contributed by atoms with E-state index >= 15 is 0 Å². The minimum absolute atomic E-state index is 0.0187. The third-order valence-corrected chi connectivity index (χ3v) is 2.72. The van der Waals surface area contributed by atoms with Crippen molar-refractivity contribution in [3.05, 3.63) is 41.5 Å². The summed E-state index contributed by atoms with van der Waals surface area (Å²) in [6.45, 7) is 1.91. The van der Waals surface area contributed by atoms with Crippen molar-refractivity contribution < 1.29 is 15.0 Å². The van der Waals surface area contributed by atoms with Gasteiger partial charge in [-0.15, -0.1) is 0 Å². The first-order valence-corrected chi connectivity index (χ1v) is 5.12. The molecule has 16 heavy (non-hydrogen) atoms. The van der Waals surface area contributed by atoms with Crippen molar-refractivity contribution in [3.63, 3.8) is 0 Å². The Balaban J connectivity index is 2.90. The molecule has 2 aromatic carbocycles. The van der Waals surface area contributed by atoms with Gasteiger partial charge >= 0.3 is 5.97 Å². The average molecular weight is 216 g/mol. The average Bonchev–Trinajstić information content (AvgIpc) is 2.29. The maximum absolute atomic E-state index is 11.1. The Bertz CT molecular complexity index is 558. The highest BCUT2D eigenvalue weighted by molar-refractivity contribution is 6.00. The molecule has 0 unspecified atom stereocenters. The molecule has 0 aliphatic heterocycles. The van der Waals surface area contributed by atoms with Gasteiger partial charge in [0.05, 0.1) is 5.56 Å². The van der Waals surface area contributed by atoms with Gasteiger partial charge in [0, 0.05) is 5.39 Å². The number of aryl methyl sites for hydroxylation is 1. The van der Waals surface area contributed by atoms with Crippen LogP contribution in [0.2, 0.25) is 0 Å². The van der Waals surface area contributed by atoms with Crippen molar-refractivity contribution in [1.29, 1.82) is 0 Å². The number of carboxylic acids is 1. The number of rotatable bonds is 2. The maximum Gasteiger partial charge on any atom is 0.336 e. The first-order chi connectivity index (χ1) is 7.65. The zero-order valence-corrected chi connectivity index (χ0v) is 8.90. The Morgan fingerprint density at radius 1 is 1.25 bits per heavy atom. The molecule has 2 N–H and O–H groups in total. The molecule has 0 amide bonds. The number of phenols is 1. The third kappa shape index (κ3) is 1.50. The molecule has 0 bridgehead atoms. The predicted molar refractivity (Wildman–Crippen MR) is 62.0 cm³/mol. The van der Waals surface area contributed by atoms with Gasteiger partial charge in [0.15, 0.2) is 0 Å². The summed E-state index contributed by atoms with van der Waals surface area (Å²) in [5.74, 6) is -0.983. The highest BCUT2D eigenvalue weighted by Crippen LogP contribution is 2.30. The number of hydrogen-bond acceptors (Lipinski definition) is 2. The molecular formula is C13H12O3. The van der Waals surface area contributed by atoms with Gasteiger partial charge in [-0.3, -0.25) is 0 Å². The fourth-order valence-electron chi connectivity index (χ4n) is 1.99. The van der Waals surface area contributed by atoms with E-state index in [0.717, 1.165) is 10.9 Å². The summed E-state index contributed by atoms with van der Waals surface area (Å²) in [4.78, 5) is 11.1. The van der Waals surface area contributed by atoms with Gasteiger partial charge in [-0.25, -0.2) is 4.79 Å². The molecule has 0 spiro atoms. The lowest BCUT2D eigenvalue weighted by atomic mass is 9.96. The lowest BCUT2D eigenvalue weighted by Gasteiger charge is -2.10. The van der Waals surface area contributed by atoms with Gasteiger partial charge in [-0.1, -0.05) is 31.2 Å². The Labute approximate surface area is 93.0 Å². The molecule has 0 heterocycles. The van der Waals surface area contributed by atoms with Crippen LogP contribution in [0.4, 0.5) is 0 Å². The Hall–Kier alpha value is -2.03. The largest absolute Gasteiger partial charge is 0.507 e. The molecule has 0 aliphatic carbocycles. The summed E-state index contributed by atoms with van der Waals surface area (Å²) >= 11 is 0. The number of aromatic hydroxyl groups is 1. The standard InChI is InChI=1S/C13H12O3/c1-2-8-9-5-3-4-6-10(9)12(14)7-11(8)13(15)16/h3-7,14H,2H2,1H3,(H,15,16). The van der Waals surface area contributed by atoms with Crippen molar-refractivity contribution >= 4 is 16.7 Å². The summed E-state index contributed by atoms with van der Waals surface area (Å²) in [6.07, 6.45) is 0.627. The number of fused-ring (bicyclic) bond motifs is 1. The van der Waals surface area contributed by atoms with E-state index in [1.807, 2.05) is 25.1 Å². The van der Waals surface area contributed by atoms with Crippen LogP contribution in [0.1, 0.15) is 22.8 Å². The van der Waals surface area contributed by atoms with E-state index in [0.29, 0.717) is 11.8 Å². The second-order valence-electron chi connectivity index (χ2n) is 3.63. The van der Waals surface area contributed by atoms with E-state index < -0.39 is 5.97 Å². The number of carboxylic acid groups (broad SMARTS) is 1. The second-order valence-corrected chi connectivity index (χ2v) is 3.63. The van der Waals surface area contributed by atoms with Gasteiger partial charge in [-0.05, 0) is 23.4 Å². The molecular weight excluding hydrogens is 204 g/mol. The molecule has 0 atom stereocenters. The fourth-order valence-corrected chi connectivity index (χ4v) is 1.99. The first-order valence-electron chi connectivity index (χ1n) is 5.12. The Morgan fingerprint density at radius 3 is 2.44 bits per heavy atom. The molecule has 0 saturated heterocycles. The quantitative estimate of drug-likeness (QED) is 0.811. The zero-order chi connectivity index (χ0) is 11.7. The van der Waals surface area contributed by atoms with Crippen LogP contribution < -0.4 is 0 Å². The number of aromatic carboxylic acids is 1. The van der Waals surface area contributed by atoms with Gasteiger partial charge in [-0.2, -0.15) is 0 Å². The predicted octanol–water partition coefficient (Wildman–Crippen LogP) is 2.81. The van der Waals surface area contributed by atoms with Gasteiger partial charge in [0.25, 0.3) is 0 Å². The van der Waals surface area contributed by atoms with Crippen LogP contribution in [0.5, 0.6) is 5.75 Å².